The van der Waals surface area contributed by atoms with Gasteiger partial charge in [-0.05, 0) is 24.5 Å². The maximum absolute atomic E-state index is 11.9. The number of alkyl halides is 1. The van der Waals surface area contributed by atoms with Crippen LogP contribution in [0.5, 0.6) is 5.75 Å². The summed E-state index contributed by atoms with van der Waals surface area (Å²) in [6, 6.07) is 9.61. The maximum Gasteiger partial charge on any atom is 0.226 e. The van der Waals surface area contributed by atoms with E-state index < -0.39 is 0 Å². The summed E-state index contributed by atoms with van der Waals surface area (Å²) in [5.74, 6) is 1.64. The van der Waals surface area contributed by atoms with Crippen molar-refractivity contribution in [3.8, 4) is 5.75 Å². The van der Waals surface area contributed by atoms with Crippen molar-refractivity contribution in [3.05, 3.63) is 30.3 Å². The molecule has 1 aromatic carbocycles. The zero-order valence-corrected chi connectivity index (χ0v) is 11.9. The molecule has 3 nitrogen and oxygen atoms in total. The minimum atomic E-state index is 0.203. The molecule has 4 heteroatoms. The van der Waals surface area contributed by atoms with Gasteiger partial charge in [0.05, 0.1) is 13.0 Å². The number of carbonyl (C=O) groups is 1. The van der Waals surface area contributed by atoms with Crippen molar-refractivity contribution in [2.45, 2.75) is 12.8 Å². The SMILES string of the molecule is O=C(CCOc1ccccc1)N1CCC(CBr)C1. The summed E-state index contributed by atoms with van der Waals surface area (Å²) in [5, 5.41) is 0.983. The topological polar surface area (TPSA) is 29.5 Å². The Kier molecular flexibility index (Phi) is 5.05. The van der Waals surface area contributed by atoms with Gasteiger partial charge in [-0.2, -0.15) is 0 Å². The zero-order valence-electron chi connectivity index (χ0n) is 10.3. The lowest BCUT2D eigenvalue weighted by atomic mass is 10.2. The van der Waals surface area contributed by atoms with Crippen molar-refractivity contribution in [2.24, 2.45) is 5.92 Å². The number of halogens is 1. The Balaban J connectivity index is 1.69. The van der Waals surface area contributed by atoms with Crippen LogP contribution in [0.15, 0.2) is 30.3 Å². The van der Waals surface area contributed by atoms with E-state index in [1.165, 1.54) is 0 Å². The van der Waals surface area contributed by atoms with Gasteiger partial charge < -0.3 is 9.64 Å². The van der Waals surface area contributed by atoms with Crippen molar-refractivity contribution in [2.75, 3.05) is 25.0 Å². The van der Waals surface area contributed by atoms with Crippen LogP contribution in [0.4, 0.5) is 0 Å². The van der Waals surface area contributed by atoms with Crippen LogP contribution in [0.2, 0.25) is 0 Å². The fourth-order valence-electron chi connectivity index (χ4n) is 2.12. The van der Waals surface area contributed by atoms with E-state index in [9.17, 15) is 4.79 Å². The Bertz CT molecular complexity index is 383. The number of likely N-dealkylation sites (tertiary alicyclic amines) is 1. The van der Waals surface area contributed by atoms with Crippen LogP contribution in [-0.4, -0.2) is 35.8 Å². The van der Waals surface area contributed by atoms with Gasteiger partial charge in [0, 0.05) is 18.4 Å². The zero-order chi connectivity index (χ0) is 12.8. The first-order valence-electron chi connectivity index (χ1n) is 6.31. The molecule has 1 atom stereocenters. The maximum atomic E-state index is 11.9. The number of ether oxygens (including phenoxy) is 1. The van der Waals surface area contributed by atoms with Crippen LogP contribution in [-0.2, 0) is 4.79 Å². The van der Waals surface area contributed by atoms with E-state index in [4.69, 9.17) is 4.74 Å². The highest BCUT2D eigenvalue weighted by Gasteiger charge is 2.24. The molecule has 0 spiro atoms. The molecule has 1 aliphatic heterocycles. The number of nitrogens with zero attached hydrogens (tertiary/aromatic N) is 1. The summed E-state index contributed by atoms with van der Waals surface area (Å²) in [5.41, 5.74) is 0. The third-order valence-electron chi connectivity index (χ3n) is 3.18. The van der Waals surface area contributed by atoms with E-state index >= 15 is 0 Å². The number of hydrogen-bond acceptors (Lipinski definition) is 2. The van der Waals surface area contributed by atoms with Crippen molar-refractivity contribution in [1.29, 1.82) is 0 Å². The van der Waals surface area contributed by atoms with Crippen LogP contribution in [0.25, 0.3) is 0 Å². The Morgan fingerprint density at radius 1 is 1.39 bits per heavy atom. The first-order valence-corrected chi connectivity index (χ1v) is 7.43. The molecule has 98 valence electrons. The minimum Gasteiger partial charge on any atom is -0.493 e. The summed E-state index contributed by atoms with van der Waals surface area (Å²) < 4.78 is 5.53. The molecule has 1 heterocycles. The van der Waals surface area contributed by atoms with E-state index in [1.54, 1.807) is 0 Å². The predicted molar refractivity (Wildman–Crippen MR) is 75.0 cm³/mol. The van der Waals surface area contributed by atoms with Crippen LogP contribution >= 0.6 is 15.9 Å². The lowest BCUT2D eigenvalue weighted by Gasteiger charge is -2.16. The second kappa shape index (κ2) is 6.78. The summed E-state index contributed by atoms with van der Waals surface area (Å²) in [6.07, 6.45) is 1.57. The van der Waals surface area contributed by atoms with E-state index in [1.807, 2.05) is 35.2 Å². The van der Waals surface area contributed by atoms with E-state index in [0.29, 0.717) is 18.9 Å². The molecule has 1 fully saturated rings. The Morgan fingerprint density at radius 2 is 2.17 bits per heavy atom. The fourth-order valence-corrected chi connectivity index (χ4v) is 2.64. The average Bonchev–Trinajstić information content (AvgIpc) is 2.89. The number of rotatable bonds is 5. The normalized spacial score (nSPS) is 18.9. The van der Waals surface area contributed by atoms with E-state index in [0.717, 1.165) is 30.6 Å². The van der Waals surface area contributed by atoms with Crippen LogP contribution in [0.1, 0.15) is 12.8 Å². The van der Waals surface area contributed by atoms with Crippen LogP contribution < -0.4 is 4.74 Å². The molecule has 1 aliphatic rings. The monoisotopic (exact) mass is 311 g/mol. The van der Waals surface area contributed by atoms with Gasteiger partial charge in [0.1, 0.15) is 5.75 Å². The van der Waals surface area contributed by atoms with Gasteiger partial charge in [0.2, 0.25) is 5.91 Å². The Labute approximate surface area is 116 Å². The second-order valence-electron chi connectivity index (χ2n) is 4.56. The molecule has 0 N–H and O–H groups in total. The number of para-hydroxylation sites is 1. The van der Waals surface area contributed by atoms with Gasteiger partial charge in [0.15, 0.2) is 0 Å². The molecule has 0 saturated carbocycles. The summed E-state index contributed by atoms with van der Waals surface area (Å²) in [6.45, 7) is 2.23. The number of benzene rings is 1. The van der Waals surface area contributed by atoms with Gasteiger partial charge in [-0.25, -0.2) is 0 Å². The summed E-state index contributed by atoms with van der Waals surface area (Å²) in [4.78, 5) is 13.9. The average molecular weight is 312 g/mol. The molecule has 2 rings (SSSR count). The second-order valence-corrected chi connectivity index (χ2v) is 5.21. The predicted octanol–water partition coefficient (Wildman–Crippen LogP) is 2.70. The first-order chi connectivity index (χ1) is 8.79. The molecule has 1 saturated heterocycles. The van der Waals surface area contributed by atoms with Crippen LogP contribution in [0.3, 0.4) is 0 Å². The number of carbonyl (C=O) groups excluding carboxylic acids is 1. The van der Waals surface area contributed by atoms with Crippen LogP contribution in [0, 0.1) is 5.92 Å². The molecule has 0 bridgehead atoms. The third-order valence-corrected chi connectivity index (χ3v) is 4.10. The van der Waals surface area contributed by atoms with Crippen molar-refractivity contribution < 1.29 is 9.53 Å². The molecule has 1 unspecified atom stereocenters. The lowest BCUT2D eigenvalue weighted by Crippen LogP contribution is -2.29. The highest BCUT2D eigenvalue weighted by Crippen LogP contribution is 2.18. The minimum absolute atomic E-state index is 0.203. The van der Waals surface area contributed by atoms with Gasteiger partial charge in [0.25, 0.3) is 0 Å². The molecule has 0 aromatic heterocycles. The van der Waals surface area contributed by atoms with Crippen molar-refractivity contribution in [1.82, 2.24) is 4.90 Å². The summed E-state index contributed by atoms with van der Waals surface area (Å²) in [7, 11) is 0. The Hall–Kier alpha value is -1.03. The van der Waals surface area contributed by atoms with Gasteiger partial charge in [-0.1, -0.05) is 34.1 Å². The molecule has 18 heavy (non-hydrogen) atoms. The number of hydrogen-bond donors (Lipinski definition) is 0. The molecular formula is C14H18BrNO2. The molecule has 1 amide bonds. The number of amides is 1. The fraction of sp³-hybridized carbons (Fsp3) is 0.500. The molecule has 0 aliphatic carbocycles. The lowest BCUT2D eigenvalue weighted by molar-refractivity contribution is -0.130. The first kappa shape index (κ1) is 13.4. The smallest absolute Gasteiger partial charge is 0.226 e. The Morgan fingerprint density at radius 3 is 2.83 bits per heavy atom. The van der Waals surface area contributed by atoms with Gasteiger partial charge in [-0.15, -0.1) is 0 Å². The molecule has 0 radical (unpaired) electrons. The van der Waals surface area contributed by atoms with Gasteiger partial charge in [-0.3, -0.25) is 4.79 Å². The third kappa shape index (κ3) is 3.73. The van der Waals surface area contributed by atoms with Crippen molar-refractivity contribution in [3.63, 3.8) is 0 Å². The quantitative estimate of drug-likeness (QED) is 0.783. The standard InChI is InChI=1S/C14H18BrNO2/c15-10-12-6-8-16(11-12)14(17)7-9-18-13-4-2-1-3-5-13/h1-5,12H,6-11H2. The van der Waals surface area contributed by atoms with E-state index in [2.05, 4.69) is 15.9 Å². The summed E-state index contributed by atoms with van der Waals surface area (Å²) >= 11 is 3.47. The molecule has 1 aromatic rings. The molecular weight excluding hydrogens is 294 g/mol. The van der Waals surface area contributed by atoms with E-state index in [-0.39, 0.29) is 5.91 Å². The van der Waals surface area contributed by atoms with Gasteiger partial charge >= 0.3 is 0 Å². The van der Waals surface area contributed by atoms with Crippen molar-refractivity contribution >= 4 is 21.8 Å². The largest absolute Gasteiger partial charge is 0.493 e. The highest BCUT2D eigenvalue weighted by atomic mass is 79.9. The highest BCUT2D eigenvalue weighted by molar-refractivity contribution is 9.09.